The molecule has 0 aliphatic heterocycles. The second-order valence-electron chi connectivity index (χ2n) is 7.88. The largest absolute Gasteiger partial charge is 0.462 e. The van der Waals surface area contributed by atoms with E-state index in [1.807, 2.05) is 49.3 Å². The first-order chi connectivity index (χ1) is 16.3. The molecule has 0 aliphatic carbocycles. The molecule has 0 atom stereocenters. The van der Waals surface area contributed by atoms with Gasteiger partial charge in [0.1, 0.15) is 15.7 Å². The molecule has 34 heavy (non-hydrogen) atoms. The van der Waals surface area contributed by atoms with E-state index in [2.05, 4.69) is 15.3 Å². The zero-order valence-corrected chi connectivity index (χ0v) is 20.9. The van der Waals surface area contributed by atoms with Crippen molar-refractivity contribution >= 4 is 49.8 Å². The first-order valence-corrected chi connectivity index (χ1v) is 12.3. The Balaban J connectivity index is 1.71. The van der Waals surface area contributed by atoms with Crippen LogP contribution in [0.4, 0.5) is 5.00 Å². The van der Waals surface area contributed by atoms with E-state index >= 15 is 0 Å². The van der Waals surface area contributed by atoms with Gasteiger partial charge in [-0.25, -0.2) is 9.78 Å². The van der Waals surface area contributed by atoms with E-state index in [1.54, 1.807) is 19.9 Å². The Morgan fingerprint density at radius 1 is 1.18 bits per heavy atom. The summed E-state index contributed by atoms with van der Waals surface area (Å²) in [7, 11) is 3.77. The highest BCUT2D eigenvalue weighted by Crippen LogP contribution is 2.37. The lowest BCUT2D eigenvalue weighted by atomic mass is 10.1. The molecule has 176 valence electrons. The number of fused-ring (bicyclic) bond motifs is 1. The lowest BCUT2D eigenvalue weighted by molar-refractivity contribution is 0.0528. The average molecular weight is 497 g/mol. The molecule has 3 aromatic heterocycles. The van der Waals surface area contributed by atoms with Crippen LogP contribution in [-0.4, -0.2) is 47.4 Å². The smallest absolute Gasteiger partial charge is 0.341 e. The van der Waals surface area contributed by atoms with E-state index in [0.717, 1.165) is 21.8 Å². The molecule has 0 fully saturated rings. The first-order valence-electron chi connectivity index (χ1n) is 10.6. The van der Waals surface area contributed by atoms with Gasteiger partial charge in [-0.1, -0.05) is 30.3 Å². The van der Waals surface area contributed by atoms with Crippen LogP contribution in [0, 0.1) is 6.92 Å². The molecule has 0 unspecified atom stereocenters. The maximum Gasteiger partial charge on any atom is 0.341 e. The summed E-state index contributed by atoms with van der Waals surface area (Å²) in [5.41, 5.74) is 1.51. The van der Waals surface area contributed by atoms with Crippen molar-refractivity contribution in [2.24, 2.45) is 0 Å². The van der Waals surface area contributed by atoms with Gasteiger partial charge >= 0.3 is 5.97 Å². The summed E-state index contributed by atoms with van der Waals surface area (Å²) in [5.74, 6) is -0.372. The highest BCUT2D eigenvalue weighted by atomic mass is 32.1. The number of nitrogens with one attached hydrogen (secondary N) is 2. The Kier molecular flexibility index (Phi) is 6.92. The molecule has 1 aromatic carbocycles. The fourth-order valence-corrected chi connectivity index (χ4v) is 5.67. The molecule has 2 N–H and O–H groups in total. The van der Waals surface area contributed by atoms with Gasteiger partial charge < -0.3 is 19.9 Å². The van der Waals surface area contributed by atoms with Crippen LogP contribution in [-0.2, 0) is 11.3 Å². The maximum absolute atomic E-state index is 13.3. The molecule has 10 heteroatoms. The highest BCUT2D eigenvalue weighted by Gasteiger charge is 2.24. The van der Waals surface area contributed by atoms with Gasteiger partial charge in [0.15, 0.2) is 0 Å². The van der Waals surface area contributed by atoms with Crippen LogP contribution in [0.3, 0.4) is 0 Å². The van der Waals surface area contributed by atoms with Gasteiger partial charge in [0.05, 0.1) is 29.0 Å². The molecule has 3 heterocycles. The third-order valence-corrected chi connectivity index (χ3v) is 7.32. The summed E-state index contributed by atoms with van der Waals surface area (Å²) in [6.07, 6.45) is 0. The van der Waals surface area contributed by atoms with Gasteiger partial charge in [-0.05, 0) is 45.1 Å². The molecule has 4 aromatic rings. The van der Waals surface area contributed by atoms with E-state index in [4.69, 9.17) is 4.74 Å². The number of aryl methyl sites for hydroxylation is 1. The second kappa shape index (κ2) is 9.88. The number of benzene rings is 1. The lowest BCUT2D eigenvalue weighted by Crippen LogP contribution is -2.18. The monoisotopic (exact) mass is 496 g/mol. The summed E-state index contributed by atoms with van der Waals surface area (Å²) in [6, 6.07) is 11.3. The van der Waals surface area contributed by atoms with Crippen LogP contribution in [0.25, 0.3) is 20.7 Å². The van der Waals surface area contributed by atoms with Crippen molar-refractivity contribution in [3.63, 3.8) is 0 Å². The number of aromatic amines is 1. The van der Waals surface area contributed by atoms with Crippen LogP contribution < -0.4 is 10.9 Å². The molecular formula is C24H24N4O4S2. The fraction of sp³-hybridized carbons (Fsp3) is 0.250. The first kappa shape index (κ1) is 23.8. The van der Waals surface area contributed by atoms with Crippen molar-refractivity contribution in [2.45, 2.75) is 20.4 Å². The van der Waals surface area contributed by atoms with Crippen LogP contribution in [0.5, 0.6) is 0 Å². The van der Waals surface area contributed by atoms with Crippen LogP contribution in [0.1, 0.15) is 38.3 Å². The minimum atomic E-state index is -0.504. The molecule has 0 bridgehead atoms. The van der Waals surface area contributed by atoms with Gasteiger partial charge in [-0.2, -0.15) is 0 Å². The summed E-state index contributed by atoms with van der Waals surface area (Å²) in [5, 5.41) is 3.67. The number of aromatic nitrogens is 2. The summed E-state index contributed by atoms with van der Waals surface area (Å²) in [4.78, 5) is 49.5. The molecule has 4 rings (SSSR count). The molecule has 8 nitrogen and oxygen atoms in total. The van der Waals surface area contributed by atoms with Gasteiger partial charge in [0.2, 0.25) is 0 Å². The van der Waals surface area contributed by atoms with Crippen LogP contribution in [0.15, 0.2) is 41.2 Å². The van der Waals surface area contributed by atoms with Crippen molar-refractivity contribution in [1.82, 2.24) is 14.9 Å². The number of nitrogens with zero attached hydrogens (tertiary/aromatic N) is 2. The van der Waals surface area contributed by atoms with E-state index < -0.39 is 11.9 Å². The third kappa shape index (κ3) is 4.79. The number of anilines is 1. The molecule has 0 aliphatic rings. The molecule has 0 radical (unpaired) electrons. The van der Waals surface area contributed by atoms with Crippen LogP contribution >= 0.6 is 22.7 Å². The number of H-pyrrole nitrogens is 1. The Morgan fingerprint density at radius 2 is 1.91 bits per heavy atom. The number of carbonyl (C=O) groups is 2. The van der Waals surface area contributed by atoms with Gasteiger partial charge in [0.25, 0.3) is 11.5 Å². The zero-order valence-electron chi connectivity index (χ0n) is 19.2. The van der Waals surface area contributed by atoms with Crippen molar-refractivity contribution in [3.05, 3.63) is 68.6 Å². The molecule has 0 spiro atoms. The normalized spacial score (nSPS) is 11.2. The number of hydrogen-bond acceptors (Lipinski definition) is 8. The van der Waals surface area contributed by atoms with Crippen molar-refractivity contribution in [1.29, 1.82) is 0 Å². The Labute approximate surface area is 204 Å². The number of esters is 1. The zero-order chi connectivity index (χ0) is 24.4. The molecule has 1 amide bonds. The lowest BCUT2D eigenvalue weighted by Gasteiger charge is -2.07. The second-order valence-corrected chi connectivity index (χ2v) is 9.93. The Bertz CT molecular complexity index is 1420. The van der Waals surface area contributed by atoms with Gasteiger partial charge in [-0.3, -0.25) is 9.59 Å². The molecule has 0 saturated heterocycles. The number of amides is 1. The maximum atomic E-state index is 13.3. The highest BCUT2D eigenvalue weighted by molar-refractivity contribution is 7.21. The average Bonchev–Trinajstić information content (AvgIpc) is 3.35. The molecule has 0 saturated carbocycles. The molecular weight excluding hydrogens is 472 g/mol. The Morgan fingerprint density at radius 3 is 2.59 bits per heavy atom. The summed E-state index contributed by atoms with van der Waals surface area (Å²) in [6.45, 7) is 4.16. The number of hydrogen-bond donors (Lipinski definition) is 2. The standard InChI is InChI=1S/C24H24N4O4S2/c1-5-32-24(31)15-11-16(14-9-7-6-8-10-14)33-22(15)27-21(30)19-13(2)18-20(29)25-17(12-28(3)4)26-23(18)34-19/h6-11H,5,12H2,1-4H3,(H,27,30)(H,25,26,29). The predicted octanol–water partition coefficient (Wildman–Crippen LogP) is 4.51. The number of thiophene rings is 2. The SMILES string of the molecule is CCOC(=O)c1cc(-c2ccccc2)sc1NC(=O)c1sc2nc(CN(C)C)[nH]c(=O)c2c1C. The predicted molar refractivity (Wildman–Crippen MR) is 136 cm³/mol. The Hall–Kier alpha value is -3.34. The number of rotatable bonds is 7. The fourth-order valence-electron chi connectivity index (χ4n) is 3.53. The van der Waals surface area contributed by atoms with E-state index in [9.17, 15) is 14.4 Å². The van der Waals surface area contributed by atoms with Crippen molar-refractivity contribution in [3.8, 4) is 10.4 Å². The number of ether oxygens (including phenoxy) is 1. The quantitative estimate of drug-likeness (QED) is 0.365. The third-order valence-electron chi connectivity index (χ3n) is 5.03. The van der Waals surface area contributed by atoms with E-state index in [-0.39, 0.29) is 12.2 Å². The minimum Gasteiger partial charge on any atom is -0.462 e. The van der Waals surface area contributed by atoms with E-state index in [1.165, 1.54) is 11.3 Å². The van der Waals surface area contributed by atoms with Gasteiger partial charge in [0, 0.05) is 4.88 Å². The summed E-state index contributed by atoms with van der Waals surface area (Å²) >= 11 is 2.46. The topological polar surface area (TPSA) is 104 Å². The van der Waals surface area contributed by atoms with E-state index in [0.29, 0.717) is 43.6 Å². The summed E-state index contributed by atoms with van der Waals surface area (Å²) < 4.78 is 5.20. The van der Waals surface area contributed by atoms with Crippen molar-refractivity contribution < 1.29 is 14.3 Å². The minimum absolute atomic E-state index is 0.224. The number of carbonyl (C=O) groups excluding carboxylic acids is 2. The van der Waals surface area contributed by atoms with Gasteiger partial charge in [-0.15, -0.1) is 22.7 Å². The van der Waals surface area contributed by atoms with Crippen molar-refractivity contribution in [2.75, 3.05) is 26.0 Å². The van der Waals surface area contributed by atoms with Crippen LogP contribution in [0.2, 0.25) is 0 Å².